The number of alkyl halides is 3. The molecule has 162 valence electrons. The van der Waals surface area contributed by atoms with Crippen LogP contribution >= 0.6 is 0 Å². The third-order valence-corrected chi connectivity index (χ3v) is 5.80. The van der Waals surface area contributed by atoms with E-state index in [0.717, 1.165) is 6.33 Å². The molecule has 11 heteroatoms. The van der Waals surface area contributed by atoms with Crippen LogP contribution in [-0.4, -0.2) is 51.3 Å². The zero-order valence-corrected chi connectivity index (χ0v) is 16.2. The van der Waals surface area contributed by atoms with Gasteiger partial charge in [-0.05, 0) is 31.2 Å². The summed E-state index contributed by atoms with van der Waals surface area (Å²) < 4.78 is 57.8. The molecule has 5 rings (SSSR count). The first-order valence-corrected chi connectivity index (χ1v) is 9.90. The number of nitrogens with zero attached hydrogens (tertiary/aromatic N) is 4. The lowest BCUT2D eigenvalue weighted by molar-refractivity contribution is -0.117. The molecule has 1 fully saturated rings. The Labute approximate surface area is 173 Å². The van der Waals surface area contributed by atoms with E-state index in [2.05, 4.69) is 25.7 Å². The predicted octanol–water partition coefficient (Wildman–Crippen LogP) is 3.20. The van der Waals surface area contributed by atoms with Gasteiger partial charge in [-0.15, -0.1) is 0 Å². The van der Waals surface area contributed by atoms with Gasteiger partial charge in [0.1, 0.15) is 35.5 Å². The van der Waals surface area contributed by atoms with Crippen LogP contribution in [0.2, 0.25) is 0 Å². The number of hydrogen-bond acceptors (Lipinski definition) is 5. The highest BCUT2D eigenvalue weighted by Crippen LogP contribution is 2.42. The Hall–Kier alpha value is -3.08. The lowest BCUT2D eigenvalue weighted by Crippen LogP contribution is -2.39. The molecular formula is C20H18F4N6O. The van der Waals surface area contributed by atoms with Gasteiger partial charge in [-0.3, -0.25) is 9.48 Å². The molecule has 0 saturated carbocycles. The van der Waals surface area contributed by atoms with Crippen molar-refractivity contribution in [2.24, 2.45) is 0 Å². The van der Waals surface area contributed by atoms with E-state index in [4.69, 9.17) is 0 Å². The maximum Gasteiger partial charge on any atom is 0.246 e. The van der Waals surface area contributed by atoms with E-state index in [0.29, 0.717) is 23.9 Å². The predicted molar refractivity (Wildman–Crippen MR) is 104 cm³/mol. The summed E-state index contributed by atoms with van der Waals surface area (Å²) in [5, 5.41) is 10.5. The molecule has 2 aliphatic heterocycles. The van der Waals surface area contributed by atoms with Crippen molar-refractivity contribution >= 4 is 22.6 Å². The van der Waals surface area contributed by atoms with Crippen LogP contribution in [0.25, 0.3) is 22.3 Å². The first-order valence-electron chi connectivity index (χ1n) is 9.90. The first-order chi connectivity index (χ1) is 14.9. The highest BCUT2D eigenvalue weighted by molar-refractivity contribution is 5.98. The zero-order chi connectivity index (χ0) is 21.7. The van der Waals surface area contributed by atoms with Crippen molar-refractivity contribution in [2.45, 2.75) is 37.4 Å². The van der Waals surface area contributed by atoms with Crippen molar-refractivity contribution in [3.63, 3.8) is 0 Å². The molecule has 3 atom stereocenters. The van der Waals surface area contributed by atoms with E-state index < -0.39 is 42.7 Å². The van der Waals surface area contributed by atoms with Crippen LogP contribution in [0.4, 0.5) is 23.4 Å². The largest absolute Gasteiger partial charge is 0.314 e. The number of carbonyl (C=O) groups excluding carboxylic acids is 1. The Kier molecular flexibility index (Phi) is 4.84. The van der Waals surface area contributed by atoms with Gasteiger partial charge in [-0.1, -0.05) is 0 Å². The second-order valence-electron chi connectivity index (χ2n) is 7.71. The van der Waals surface area contributed by atoms with Crippen molar-refractivity contribution in [3.8, 4) is 11.4 Å². The average Bonchev–Trinajstić information content (AvgIpc) is 3.11. The van der Waals surface area contributed by atoms with Crippen LogP contribution in [-0.2, 0) is 4.79 Å². The van der Waals surface area contributed by atoms with Gasteiger partial charge >= 0.3 is 0 Å². The Bertz CT molecular complexity index is 1170. The maximum atomic E-state index is 14.7. The summed E-state index contributed by atoms with van der Waals surface area (Å²) >= 11 is 0. The molecular weight excluding hydrogens is 416 g/mol. The van der Waals surface area contributed by atoms with Crippen molar-refractivity contribution in [3.05, 3.63) is 35.9 Å². The van der Waals surface area contributed by atoms with Crippen molar-refractivity contribution in [2.75, 3.05) is 18.4 Å². The van der Waals surface area contributed by atoms with Gasteiger partial charge in [0, 0.05) is 23.9 Å². The van der Waals surface area contributed by atoms with Crippen LogP contribution in [0, 0.1) is 5.82 Å². The van der Waals surface area contributed by atoms with E-state index in [1.165, 1.54) is 22.9 Å². The number of nitrogens with one attached hydrogen (secondary N) is 2. The molecule has 2 aromatic heterocycles. The maximum absolute atomic E-state index is 14.7. The molecule has 1 saturated heterocycles. The molecule has 31 heavy (non-hydrogen) atoms. The second-order valence-corrected chi connectivity index (χ2v) is 7.71. The van der Waals surface area contributed by atoms with E-state index in [-0.39, 0.29) is 29.3 Å². The minimum Gasteiger partial charge on any atom is -0.314 e. The number of amides is 1. The Morgan fingerprint density at radius 3 is 2.81 bits per heavy atom. The molecule has 0 aliphatic carbocycles. The van der Waals surface area contributed by atoms with E-state index in [1.54, 1.807) is 0 Å². The number of piperidine rings is 1. The number of benzene rings is 1. The number of fused-ring (bicyclic) bond motifs is 2. The summed E-state index contributed by atoms with van der Waals surface area (Å²) in [6.45, 7) is 0.707. The van der Waals surface area contributed by atoms with Crippen LogP contribution in [0.3, 0.4) is 0 Å². The molecule has 1 aromatic carbocycles. The Morgan fingerprint density at radius 2 is 2.03 bits per heavy atom. The van der Waals surface area contributed by atoms with Gasteiger partial charge in [0.15, 0.2) is 0 Å². The number of halogens is 4. The number of rotatable bonds is 3. The topological polar surface area (TPSA) is 84.7 Å². The van der Waals surface area contributed by atoms with Crippen LogP contribution in [0.5, 0.6) is 0 Å². The lowest BCUT2D eigenvalue weighted by atomic mass is 9.90. The summed E-state index contributed by atoms with van der Waals surface area (Å²) in [5.74, 6) is -2.49. The standard InChI is InChI=1S/C20H18F4N6O/c21-9-1-2-10-14(5-9)30(13-3-4-25-7-12(13)22)29-17(10)18-16-11(19(23)24)6-15(31)28-20(16)27-8-26-18/h1-2,5,8,11-13,19,25H,3-4,6-7H2,(H,26,27,28,31)/t11?,12-,13+/m1/s1. The van der Waals surface area contributed by atoms with Crippen LogP contribution < -0.4 is 10.6 Å². The highest BCUT2D eigenvalue weighted by Gasteiger charge is 2.37. The number of hydrogen-bond donors (Lipinski definition) is 2. The molecule has 2 N–H and O–H groups in total. The molecule has 4 heterocycles. The minimum atomic E-state index is -2.82. The van der Waals surface area contributed by atoms with Crippen molar-refractivity contribution in [1.29, 1.82) is 0 Å². The molecule has 7 nitrogen and oxygen atoms in total. The summed E-state index contributed by atoms with van der Waals surface area (Å²) in [5.41, 5.74) is 0.775. The van der Waals surface area contributed by atoms with Gasteiger partial charge in [0.05, 0.1) is 17.5 Å². The van der Waals surface area contributed by atoms with Crippen molar-refractivity contribution in [1.82, 2.24) is 25.1 Å². The van der Waals surface area contributed by atoms with E-state index in [9.17, 15) is 22.4 Å². The van der Waals surface area contributed by atoms with Gasteiger partial charge < -0.3 is 10.6 Å². The quantitative estimate of drug-likeness (QED) is 0.619. The van der Waals surface area contributed by atoms with Crippen LogP contribution in [0.15, 0.2) is 24.5 Å². The molecule has 1 unspecified atom stereocenters. The first kappa shape index (κ1) is 19.9. The van der Waals surface area contributed by atoms with Gasteiger partial charge in [-0.2, -0.15) is 5.10 Å². The van der Waals surface area contributed by atoms with Gasteiger partial charge in [-0.25, -0.2) is 27.5 Å². The number of aromatic nitrogens is 4. The monoisotopic (exact) mass is 434 g/mol. The van der Waals surface area contributed by atoms with Gasteiger partial charge in [0.2, 0.25) is 12.3 Å². The lowest BCUT2D eigenvalue weighted by Gasteiger charge is -2.27. The molecule has 0 radical (unpaired) electrons. The van der Waals surface area contributed by atoms with E-state index >= 15 is 0 Å². The normalized spacial score (nSPS) is 23.8. The molecule has 1 amide bonds. The third-order valence-electron chi connectivity index (χ3n) is 5.80. The third kappa shape index (κ3) is 3.32. The molecule has 0 spiro atoms. The summed E-state index contributed by atoms with van der Waals surface area (Å²) in [6.07, 6.45) is -2.90. The summed E-state index contributed by atoms with van der Waals surface area (Å²) in [4.78, 5) is 20.0. The molecule has 0 bridgehead atoms. The molecule has 3 aromatic rings. The SMILES string of the molecule is O=C1CC(C(F)F)c2c(ncnc2-c2nn([C@H]3CCNC[C@H]3F)c3cc(F)ccc23)N1. The summed E-state index contributed by atoms with van der Waals surface area (Å²) in [7, 11) is 0. The smallest absolute Gasteiger partial charge is 0.246 e. The van der Waals surface area contributed by atoms with Gasteiger partial charge in [0.25, 0.3) is 0 Å². The fourth-order valence-corrected chi connectivity index (χ4v) is 4.36. The highest BCUT2D eigenvalue weighted by atomic mass is 19.3. The fourth-order valence-electron chi connectivity index (χ4n) is 4.36. The van der Waals surface area contributed by atoms with Crippen LogP contribution in [0.1, 0.15) is 30.4 Å². The Morgan fingerprint density at radius 1 is 1.19 bits per heavy atom. The number of carbonyl (C=O) groups is 1. The minimum absolute atomic E-state index is 0.00148. The zero-order valence-electron chi connectivity index (χ0n) is 16.2. The molecule has 2 aliphatic rings. The fraction of sp³-hybridized carbons (Fsp3) is 0.400. The number of anilines is 1. The second kappa shape index (κ2) is 7.56. The van der Waals surface area contributed by atoms with Crippen molar-refractivity contribution < 1.29 is 22.4 Å². The Balaban J connectivity index is 1.74. The average molecular weight is 434 g/mol. The summed E-state index contributed by atoms with van der Waals surface area (Å²) in [6, 6.07) is 3.32. The van der Waals surface area contributed by atoms with E-state index in [1.807, 2.05) is 0 Å².